The Balaban J connectivity index is 2.53. The van der Waals surface area contributed by atoms with Crippen LogP contribution in [0.25, 0.3) is 0 Å². The smallest absolute Gasteiger partial charge is 0.0986 e. The van der Waals surface area contributed by atoms with E-state index in [1.165, 1.54) is 12.8 Å². The molecule has 1 fully saturated rings. The van der Waals surface area contributed by atoms with Crippen molar-refractivity contribution in [2.45, 2.75) is 39.7 Å². The Morgan fingerprint density at radius 1 is 1.55 bits per heavy atom. The van der Waals surface area contributed by atoms with Crippen molar-refractivity contribution in [1.82, 2.24) is 4.90 Å². The summed E-state index contributed by atoms with van der Waals surface area (Å²) in [6.45, 7) is 7.49. The van der Waals surface area contributed by atoms with Crippen LogP contribution < -0.4 is 0 Å². The average molecular weight is 154 g/mol. The average Bonchev–Trinajstić information content (AvgIpc) is 2.33. The third-order valence-electron chi connectivity index (χ3n) is 2.41. The second kappa shape index (κ2) is 3.24. The second-order valence-corrected chi connectivity index (χ2v) is 3.72. The van der Waals surface area contributed by atoms with Crippen molar-refractivity contribution in [1.29, 1.82) is 5.41 Å². The Morgan fingerprint density at radius 2 is 2.18 bits per heavy atom. The van der Waals surface area contributed by atoms with Gasteiger partial charge in [-0.3, -0.25) is 5.41 Å². The Labute approximate surface area is 69.1 Å². The lowest BCUT2D eigenvalue weighted by atomic mass is 10.1. The molecule has 2 heteroatoms. The van der Waals surface area contributed by atoms with Crippen LogP contribution in [0.1, 0.15) is 33.6 Å². The predicted molar refractivity (Wildman–Crippen MR) is 48.0 cm³/mol. The molecule has 64 valence electrons. The van der Waals surface area contributed by atoms with E-state index in [0.717, 1.165) is 12.4 Å². The summed E-state index contributed by atoms with van der Waals surface area (Å²) in [6.07, 6.45) is 2.52. The van der Waals surface area contributed by atoms with Gasteiger partial charge in [0, 0.05) is 18.5 Å². The van der Waals surface area contributed by atoms with E-state index in [2.05, 4.69) is 25.7 Å². The minimum absolute atomic E-state index is 0.385. The summed E-state index contributed by atoms with van der Waals surface area (Å²) < 4.78 is 0. The highest BCUT2D eigenvalue weighted by atomic mass is 15.2. The molecule has 11 heavy (non-hydrogen) atoms. The Morgan fingerprint density at radius 3 is 2.55 bits per heavy atom. The van der Waals surface area contributed by atoms with Gasteiger partial charge >= 0.3 is 0 Å². The van der Waals surface area contributed by atoms with Gasteiger partial charge in [0.2, 0.25) is 0 Å². The van der Waals surface area contributed by atoms with E-state index >= 15 is 0 Å². The van der Waals surface area contributed by atoms with E-state index < -0.39 is 0 Å². The molecule has 0 amide bonds. The molecule has 0 aliphatic carbocycles. The number of nitrogens with zero attached hydrogens (tertiary/aromatic N) is 1. The molecule has 0 aromatic rings. The van der Waals surface area contributed by atoms with Gasteiger partial charge in [-0.05, 0) is 19.8 Å². The molecule has 1 saturated heterocycles. The van der Waals surface area contributed by atoms with Crippen molar-refractivity contribution in [2.24, 2.45) is 5.92 Å². The molecule has 0 aromatic carbocycles. The summed E-state index contributed by atoms with van der Waals surface area (Å²) in [5.41, 5.74) is 0. The fourth-order valence-electron chi connectivity index (χ4n) is 1.62. The molecular weight excluding hydrogens is 136 g/mol. The maximum atomic E-state index is 7.80. The first-order chi connectivity index (χ1) is 5.13. The number of likely N-dealkylation sites (tertiary alicyclic amines) is 1. The first-order valence-electron chi connectivity index (χ1n) is 4.48. The maximum absolute atomic E-state index is 7.80. The van der Waals surface area contributed by atoms with Crippen LogP contribution in [0.15, 0.2) is 0 Å². The topological polar surface area (TPSA) is 27.1 Å². The molecular formula is C9H18N2. The van der Waals surface area contributed by atoms with Crippen molar-refractivity contribution >= 4 is 5.84 Å². The number of hydrogen-bond donors (Lipinski definition) is 1. The SMILES string of the molecule is CC(C)C(=N)N1CCCC1C. The maximum Gasteiger partial charge on any atom is 0.0986 e. The zero-order valence-corrected chi connectivity index (χ0v) is 7.72. The molecule has 1 aliphatic rings. The van der Waals surface area contributed by atoms with Gasteiger partial charge in [0.1, 0.15) is 0 Å². The number of amidine groups is 1. The van der Waals surface area contributed by atoms with Crippen molar-refractivity contribution in [3.8, 4) is 0 Å². The lowest BCUT2D eigenvalue weighted by Gasteiger charge is -2.26. The van der Waals surface area contributed by atoms with Gasteiger partial charge in [-0.15, -0.1) is 0 Å². The standard InChI is InChI=1S/C9H18N2/c1-7(2)9(10)11-6-4-5-8(11)3/h7-8,10H,4-6H2,1-3H3. The lowest BCUT2D eigenvalue weighted by molar-refractivity contribution is 0.392. The first kappa shape index (κ1) is 8.57. The van der Waals surface area contributed by atoms with Gasteiger partial charge in [-0.25, -0.2) is 0 Å². The van der Waals surface area contributed by atoms with Crippen LogP contribution in [0.5, 0.6) is 0 Å². The van der Waals surface area contributed by atoms with E-state index in [1.54, 1.807) is 0 Å². The molecule has 1 rings (SSSR count). The Bertz CT molecular complexity index is 152. The largest absolute Gasteiger partial charge is 0.358 e. The van der Waals surface area contributed by atoms with Gasteiger partial charge < -0.3 is 4.90 Å². The van der Waals surface area contributed by atoms with Crippen molar-refractivity contribution in [2.75, 3.05) is 6.54 Å². The highest BCUT2D eigenvalue weighted by Crippen LogP contribution is 2.18. The van der Waals surface area contributed by atoms with Gasteiger partial charge in [-0.1, -0.05) is 13.8 Å². The van der Waals surface area contributed by atoms with Crippen LogP contribution in [0, 0.1) is 11.3 Å². The molecule has 1 aliphatic heterocycles. The normalized spacial score (nSPS) is 24.7. The van der Waals surface area contributed by atoms with Crippen LogP contribution >= 0.6 is 0 Å². The Hall–Kier alpha value is -0.530. The van der Waals surface area contributed by atoms with Crippen LogP contribution in [0.4, 0.5) is 0 Å². The summed E-state index contributed by atoms with van der Waals surface area (Å²) in [5, 5.41) is 7.80. The van der Waals surface area contributed by atoms with Crippen molar-refractivity contribution in [3.63, 3.8) is 0 Å². The summed E-state index contributed by atoms with van der Waals surface area (Å²) in [6, 6.07) is 0.602. The minimum Gasteiger partial charge on any atom is -0.358 e. The number of rotatable bonds is 1. The molecule has 1 atom stereocenters. The van der Waals surface area contributed by atoms with Gasteiger partial charge in [-0.2, -0.15) is 0 Å². The van der Waals surface area contributed by atoms with E-state index in [-0.39, 0.29) is 0 Å². The van der Waals surface area contributed by atoms with E-state index in [4.69, 9.17) is 5.41 Å². The highest BCUT2D eigenvalue weighted by Gasteiger charge is 2.23. The van der Waals surface area contributed by atoms with E-state index in [0.29, 0.717) is 12.0 Å². The molecule has 0 bridgehead atoms. The van der Waals surface area contributed by atoms with E-state index in [1.807, 2.05) is 0 Å². The third kappa shape index (κ3) is 1.73. The summed E-state index contributed by atoms with van der Waals surface area (Å²) in [4.78, 5) is 2.23. The Kier molecular flexibility index (Phi) is 2.53. The fourth-order valence-corrected chi connectivity index (χ4v) is 1.62. The van der Waals surface area contributed by atoms with Crippen LogP contribution in [-0.4, -0.2) is 23.3 Å². The predicted octanol–water partition coefficient (Wildman–Crippen LogP) is 2.10. The molecule has 0 spiro atoms. The van der Waals surface area contributed by atoms with Crippen LogP contribution in [0.3, 0.4) is 0 Å². The molecule has 1 unspecified atom stereocenters. The fraction of sp³-hybridized carbons (Fsp3) is 0.889. The summed E-state index contributed by atoms with van der Waals surface area (Å²) in [5.74, 6) is 1.20. The molecule has 0 saturated carbocycles. The zero-order chi connectivity index (χ0) is 8.43. The summed E-state index contributed by atoms with van der Waals surface area (Å²) >= 11 is 0. The third-order valence-corrected chi connectivity index (χ3v) is 2.41. The van der Waals surface area contributed by atoms with Gasteiger partial charge in [0.15, 0.2) is 0 Å². The number of nitrogens with one attached hydrogen (secondary N) is 1. The molecule has 0 radical (unpaired) electrons. The molecule has 1 heterocycles. The quantitative estimate of drug-likeness (QED) is 0.454. The summed E-state index contributed by atoms with van der Waals surface area (Å²) in [7, 11) is 0. The van der Waals surface area contributed by atoms with Gasteiger partial charge in [0.05, 0.1) is 5.84 Å². The molecule has 0 aromatic heterocycles. The number of hydrogen-bond acceptors (Lipinski definition) is 1. The van der Waals surface area contributed by atoms with Gasteiger partial charge in [0.25, 0.3) is 0 Å². The monoisotopic (exact) mass is 154 g/mol. The van der Waals surface area contributed by atoms with E-state index in [9.17, 15) is 0 Å². The lowest BCUT2D eigenvalue weighted by Crippen LogP contribution is -2.35. The van der Waals surface area contributed by atoms with Crippen molar-refractivity contribution in [3.05, 3.63) is 0 Å². The zero-order valence-electron chi connectivity index (χ0n) is 7.72. The van der Waals surface area contributed by atoms with Crippen molar-refractivity contribution < 1.29 is 0 Å². The molecule has 1 N–H and O–H groups in total. The molecule has 2 nitrogen and oxygen atoms in total. The highest BCUT2D eigenvalue weighted by molar-refractivity contribution is 5.81. The first-order valence-corrected chi connectivity index (χ1v) is 4.48. The van der Waals surface area contributed by atoms with Crippen LogP contribution in [-0.2, 0) is 0 Å². The van der Waals surface area contributed by atoms with Crippen LogP contribution in [0.2, 0.25) is 0 Å². The minimum atomic E-state index is 0.385. The second-order valence-electron chi connectivity index (χ2n) is 3.72.